The summed E-state index contributed by atoms with van der Waals surface area (Å²) < 4.78 is 39.4. The molecule has 106 valence electrons. The highest BCUT2D eigenvalue weighted by molar-refractivity contribution is 5.85. The van der Waals surface area contributed by atoms with Crippen LogP contribution in [0.25, 0.3) is 0 Å². The minimum absolute atomic E-state index is 0.189. The fourth-order valence-electron chi connectivity index (χ4n) is 2.08. The van der Waals surface area contributed by atoms with E-state index in [9.17, 15) is 18.0 Å². The smallest absolute Gasteiger partial charge is 0.350 e. The quantitative estimate of drug-likeness (QED) is 0.819. The summed E-state index contributed by atoms with van der Waals surface area (Å²) in [6.45, 7) is 5.39. The van der Waals surface area contributed by atoms with Gasteiger partial charge in [-0.25, -0.2) is 0 Å². The van der Waals surface area contributed by atoms with Crippen molar-refractivity contribution in [2.24, 2.45) is 5.41 Å². The first-order valence-corrected chi connectivity index (χ1v) is 6.31. The van der Waals surface area contributed by atoms with Crippen LogP contribution in [0.4, 0.5) is 13.2 Å². The highest BCUT2D eigenvalue weighted by Crippen LogP contribution is 2.43. The first-order valence-electron chi connectivity index (χ1n) is 6.31. The summed E-state index contributed by atoms with van der Waals surface area (Å²) in [4.78, 5) is 12.1. The predicted molar refractivity (Wildman–Crippen MR) is 63.1 cm³/mol. The second-order valence-corrected chi connectivity index (χ2v) is 5.23. The van der Waals surface area contributed by atoms with Gasteiger partial charge in [0.25, 0.3) is 0 Å². The number of nitrogens with one attached hydrogen (secondary N) is 2. The van der Waals surface area contributed by atoms with Gasteiger partial charge in [0.15, 0.2) is 5.41 Å². The average Bonchev–Trinajstić information content (AvgIpc) is 2.78. The van der Waals surface area contributed by atoms with Crippen LogP contribution in [0.15, 0.2) is 0 Å². The van der Waals surface area contributed by atoms with E-state index in [0.717, 1.165) is 0 Å². The third-order valence-corrected chi connectivity index (χ3v) is 4.11. The Bertz CT molecular complexity index is 305. The maximum Gasteiger partial charge on any atom is 0.404 e. The fourth-order valence-corrected chi connectivity index (χ4v) is 2.08. The molecule has 1 saturated heterocycles. The van der Waals surface area contributed by atoms with E-state index in [-0.39, 0.29) is 19.5 Å². The summed E-state index contributed by atoms with van der Waals surface area (Å²) in [5.41, 5.74) is -2.84. The lowest BCUT2D eigenvalue weighted by molar-refractivity contribution is -0.216. The zero-order valence-electron chi connectivity index (χ0n) is 11.1. The number of carbonyl (C=O) groups excluding carboxylic acids is 1. The minimum Gasteiger partial charge on any atom is -0.350 e. The molecule has 0 aromatic carbocycles. The Labute approximate surface area is 106 Å². The number of hydrogen-bond donors (Lipinski definition) is 2. The van der Waals surface area contributed by atoms with Crippen molar-refractivity contribution in [1.82, 2.24) is 10.6 Å². The van der Waals surface area contributed by atoms with Gasteiger partial charge in [-0.2, -0.15) is 13.2 Å². The lowest BCUT2D eigenvalue weighted by Crippen LogP contribution is -2.57. The van der Waals surface area contributed by atoms with E-state index in [1.807, 2.05) is 13.8 Å². The van der Waals surface area contributed by atoms with Crippen LogP contribution in [-0.4, -0.2) is 30.7 Å². The van der Waals surface area contributed by atoms with E-state index < -0.39 is 23.0 Å². The van der Waals surface area contributed by atoms with E-state index in [0.29, 0.717) is 12.8 Å². The van der Waals surface area contributed by atoms with E-state index in [1.165, 1.54) is 0 Å². The van der Waals surface area contributed by atoms with Crippen molar-refractivity contribution in [3.8, 4) is 0 Å². The zero-order valence-corrected chi connectivity index (χ0v) is 11.1. The van der Waals surface area contributed by atoms with Crippen molar-refractivity contribution >= 4 is 5.91 Å². The van der Waals surface area contributed by atoms with Gasteiger partial charge in [-0.3, -0.25) is 4.79 Å². The van der Waals surface area contributed by atoms with Crippen molar-refractivity contribution in [3.63, 3.8) is 0 Å². The number of alkyl halides is 3. The van der Waals surface area contributed by atoms with Crippen molar-refractivity contribution < 1.29 is 18.0 Å². The standard InChI is InChI=1S/C12H21F3N2O/c1-4-10(3,5-2)17-9(18)11(12(13,14)15)6-7-16-8-11/h16H,4-8H2,1-3H3,(H,17,18). The maximum atomic E-state index is 13.1. The van der Waals surface area contributed by atoms with Crippen molar-refractivity contribution in [2.45, 2.75) is 51.7 Å². The molecule has 0 aromatic heterocycles. The Morgan fingerprint density at radius 1 is 1.33 bits per heavy atom. The third-order valence-electron chi connectivity index (χ3n) is 4.11. The Morgan fingerprint density at radius 3 is 2.22 bits per heavy atom. The van der Waals surface area contributed by atoms with Gasteiger partial charge in [-0.05, 0) is 32.7 Å². The molecule has 0 aromatic rings. The Morgan fingerprint density at radius 2 is 1.89 bits per heavy atom. The van der Waals surface area contributed by atoms with Gasteiger partial charge >= 0.3 is 6.18 Å². The number of halogens is 3. The van der Waals surface area contributed by atoms with Crippen LogP contribution in [0, 0.1) is 5.41 Å². The highest BCUT2D eigenvalue weighted by Gasteiger charge is 2.61. The molecule has 2 N–H and O–H groups in total. The summed E-state index contributed by atoms with van der Waals surface area (Å²) in [5, 5.41) is 5.22. The molecule has 0 spiro atoms. The number of carbonyl (C=O) groups is 1. The van der Waals surface area contributed by atoms with Crippen LogP contribution in [-0.2, 0) is 4.79 Å². The molecule has 0 radical (unpaired) electrons. The van der Waals surface area contributed by atoms with E-state index in [1.54, 1.807) is 6.92 Å². The van der Waals surface area contributed by atoms with Crippen LogP contribution in [0.5, 0.6) is 0 Å². The molecule has 1 heterocycles. The SMILES string of the molecule is CCC(C)(CC)NC(=O)C1(C(F)(F)F)CCNC1. The van der Waals surface area contributed by atoms with Gasteiger partial charge < -0.3 is 10.6 Å². The van der Waals surface area contributed by atoms with Gasteiger partial charge in [-0.1, -0.05) is 13.8 Å². The van der Waals surface area contributed by atoms with Gasteiger partial charge in [0.05, 0.1) is 0 Å². The molecule has 0 aliphatic carbocycles. The van der Waals surface area contributed by atoms with Gasteiger partial charge in [-0.15, -0.1) is 0 Å². The molecule has 1 amide bonds. The van der Waals surface area contributed by atoms with Crippen molar-refractivity contribution in [3.05, 3.63) is 0 Å². The molecule has 1 atom stereocenters. The second kappa shape index (κ2) is 5.07. The summed E-state index contributed by atoms with van der Waals surface area (Å²) in [7, 11) is 0. The lowest BCUT2D eigenvalue weighted by Gasteiger charge is -2.35. The van der Waals surface area contributed by atoms with Crippen molar-refractivity contribution in [1.29, 1.82) is 0 Å². The summed E-state index contributed by atoms with van der Waals surface area (Å²) >= 11 is 0. The number of rotatable bonds is 4. The highest BCUT2D eigenvalue weighted by atomic mass is 19.4. The van der Waals surface area contributed by atoms with Crippen LogP contribution in [0.3, 0.4) is 0 Å². The van der Waals surface area contributed by atoms with Gasteiger partial charge in [0.2, 0.25) is 5.91 Å². The number of hydrogen-bond acceptors (Lipinski definition) is 2. The lowest BCUT2D eigenvalue weighted by atomic mass is 9.83. The molecule has 3 nitrogen and oxygen atoms in total. The largest absolute Gasteiger partial charge is 0.404 e. The molecule has 1 aliphatic rings. The Balaban J connectivity index is 2.92. The molecule has 1 unspecified atom stereocenters. The summed E-state index contributed by atoms with van der Waals surface area (Å²) in [6, 6.07) is 0. The molecular formula is C12H21F3N2O. The maximum absolute atomic E-state index is 13.1. The monoisotopic (exact) mass is 266 g/mol. The van der Waals surface area contributed by atoms with Crippen LogP contribution in [0.2, 0.25) is 0 Å². The van der Waals surface area contributed by atoms with E-state index in [2.05, 4.69) is 10.6 Å². The molecule has 1 aliphatic heterocycles. The molecule has 18 heavy (non-hydrogen) atoms. The first-order chi connectivity index (χ1) is 8.21. The van der Waals surface area contributed by atoms with E-state index in [4.69, 9.17) is 0 Å². The Hall–Kier alpha value is -0.780. The topological polar surface area (TPSA) is 41.1 Å². The van der Waals surface area contributed by atoms with Crippen LogP contribution >= 0.6 is 0 Å². The molecule has 0 bridgehead atoms. The number of amides is 1. The predicted octanol–water partition coefficient (Wildman–Crippen LogP) is 2.22. The molecule has 0 saturated carbocycles. The minimum atomic E-state index is -4.51. The third kappa shape index (κ3) is 2.63. The fraction of sp³-hybridized carbons (Fsp3) is 0.917. The molecule has 1 rings (SSSR count). The summed E-state index contributed by atoms with van der Waals surface area (Å²) in [5.74, 6) is -0.897. The molecule has 6 heteroatoms. The zero-order chi connectivity index (χ0) is 14.0. The van der Waals surface area contributed by atoms with E-state index >= 15 is 0 Å². The van der Waals surface area contributed by atoms with Crippen LogP contribution < -0.4 is 10.6 Å². The molecule has 1 fully saturated rings. The Kier molecular flexibility index (Phi) is 4.30. The summed E-state index contributed by atoms with van der Waals surface area (Å²) in [6.07, 6.45) is -3.48. The normalized spacial score (nSPS) is 25.2. The van der Waals surface area contributed by atoms with Gasteiger partial charge in [0, 0.05) is 12.1 Å². The van der Waals surface area contributed by atoms with Crippen LogP contribution in [0.1, 0.15) is 40.0 Å². The second-order valence-electron chi connectivity index (χ2n) is 5.23. The van der Waals surface area contributed by atoms with Gasteiger partial charge in [0.1, 0.15) is 0 Å². The first kappa shape index (κ1) is 15.3. The molecular weight excluding hydrogens is 245 g/mol. The average molecular weight is 266 g/mol. The van der Waals surface area contributed by atoms with Crippen molar-refractivity contribution in [2.75, 3.05) is 13.1 Å².